The van der Waals surface area contributed by atoms with Gasteiger partial charge in [0.25, 0.3) is 0 Å². The maximum Gasteiger partial charge on any atom is 0.228 e. The Balaban J connectivity index is 1.55. The predicted molar refractivity (Wildman–Crippen MR) is 108 cm³/mol. The second-order valence-electron chi connectivity index (χ2n) is 7.85. The van der Waals surface area contributed by atoms with Gasteiger partial charge >= 0.3 is 0 Å². The quantitative estimate of drug-likeness (QED) is 0.857. The standard InChI is InChI=1S/C22H26N2O2S/c1-23-21(26)22(11-3-12-24(15-22)20(25)18-9-10-18)14-16-5-7-17(8-6-16)19-4-2-13-27-19/h2,4-8,13,18H,3,9-12,14-15H2,1H3,(H,23,26). The van der Waals surface area contributed by atoms with E-state index in [1.807, 2.05) is 4.90 Å². The number of hydrogen-bond acceptors (Lipinski definition) is 3. The average molecular weight is 383 g/mol. The summed E-state index contributed by atoms with van der Waals surface area (Å²) in [6, 6.07) is 12.7. The fourth-order valence-corrected chi connectivity index (χ4v) is 4.94. The van der Waals surface area contributed by atoms with E-state index in [9.17, 15) is 9.59 Å². The van der Waals surface area contributed by atoms with Crippen LogP contribution in [0.2, 0.25) is 0 Å². The molecule has 2 amide bonds. The second kappa shape index (κ2) is 7.47. The van der Waals surface area contributed by atoms with E-state index in [4.69, 9.17) is 0 Å². The minimum atomic E-state index is -0.526. The van der Waals surface area contributed by atoms with Gasteiger partial charge < -0.3 is 10.2 Å². The largest absolute Gasteiger partial charge is 0.359 e. The molecule has 5 heteroatoms. The minimum Gasteiger partial charge on any atom is -0.359 e. The number of likely N-dealkylation sites (tertiary alicyclic amines) is 1. The number of amides is 2. The van der Waals surface area contributed by atoms with Gasteiger partial charge in [-0.3, -0.25) is 9.59 Å². The van der Waals surface area contributed by atoms with Crippen molar-refractivity contribution in [2.45, 2.75) is 32.1 Å². The lowest BCUT2D eigenvalue weighted by Gasteiger charge is -2.41. The summed E-state index contributed by atoms with van der Waals surface area (Å²) in [5, 5.41) is 4.94. The Kier molecular flexibility index (Phi) is 5.04. The molecule has 0 bridgehead atoms. The van der Waals surface area contributed by atoms with Crippen LogP contribution >= 0.6 is 11.3 Å². The summed E-state index contributed by atoms with van der Waals surface area (Å²) in [4.78, 5) is 28.6. The van der Waals surface area contributed by atoms with Crippen molar-refractivity contribution in [3.05, 3.63) is 47.3 Å². The SMILES string of the molecule is CNC(=O)C1(Cc2ccc(-c3cccs3)cc2)CCCN(C(=O)C2CC2)C1. The molecule has 1 aliphatic heterocycles. The molecule has 2 aliphatic rings. The molecule has 4 rings (SSSR count). The normalized spacial score (nSPS) is 22.5. The van der Waals surface area contributed by atoms with Crippen LogP contribution in [0.25, 0.3) is 10.4 Å². The van der Waals surface area contributed by atoms with Crippen molar-refractivity contribution < 1.29 is 9.59 Å². The van der Waals surface area contributed by atoms with E-state index < -0.39 is 5.41 Å². The van der Waals surface area contributed by atoms with Gasteiger partial charge in [-0.15, -0.1) is 11.3 Å². The van der Waals surface area contributed by atoms with Crippen molar-refractivity contribution in [3.8, 4) is 10.4 Å². The Hall–Kier alpha value is -2.14. The van der Waals surface area contributed by atoms with E-state index in [1.54, 1.807) is 18.4 Å². The van der Waals surface area contributed by atoms with Crippen LogP contribution in [0.15, 0.2) is 41.8 Å². The van der Waals surface area contributed by atoms with Crippen molar-refractivity contribution in [3.63, 3.8) is 0 Å². The molecule has 1 aromatic heterocycles. The van der Waals surface area contributed by atoms with Gasteiger partial charge in [-0.05, 0) is 54.7 Å². The first-order valence-electron chi connectivity index (χ1n) is 9.75. The third kappa shape index (κ3) is 3.79. The third-order valence-electron chi connectivity index (χ3n) is 5.83. The molecular weight excluding hydrogens is 356 g/mol. The van der Waals surface area contributed by atoms with Gasteiger partial charge in [-0.25, -0.2) is 0 Å². The molecule has 1 unspecified atom stereocenters. The molecule has 2 heterocycles. The number of carbonyl (C=O) groups excluding carboxylic acids is 2. The van der Waals surface area contributed by atoms with Crippen molar-refractivity contribution in [2.75, 3.05) is 20.1 Å². The molecule has 1 atom stereocenters. The molecule has 0 radical (unpaired) electrons. The average Bonchev–Trinajstić information content (AvgIpc) is 3.41. The number of nitrogens with one attached hydrogen (secondary N) is 1. The molecule has 1 aromatic carbocycles. The molecule has 1 N–H and O–H groups in total. The smallest absolute Gasteiger partial charge is 0.228 e. The van der Waals surface area contributed by atoms with Gasteiger partial charge in [-0.1, -0.05) is 30.3 Å². The molecule has 4 nitrogen and oxygen atoms in total. The van der Waals surface area contributed by atoms with Crippen LogP contribution < -0.4 is 5.32 Å². The zero-order valence-corrected chi connectivity index (χ0v) is 16.6. The highest BCUT2D eigenvalue weighted by molar-refractivity contribution is 7.13. The second-order valence-corrected chi connectivity index (χ2v) is 8.80. The molecule has 0 spiro atoms. The number of thiophene rings is 1. The molecule has 27 heavy (non-hydrogen) atoms. The van der Waals surface area contributed by atoms with Crippen LogP contribution in [0.4, 0.5) is 0 Å². The fraction of sp³-hybridized carbons (Fsp3) is 0.455. The fourth-order valence-electron chi connectivity index (χ4n) is 4.20. The number of rotatable bonds is 5. The Labute approximate surface area is 164 Å². The van der Waals surface area contributed by atoms with Crippen LogP contribution in [0.1, 0.15) is 31.2 Å². The topological polar surface area (TPSA) is 49.4 Å². The Morgan fingerprint density at radius 1 is 1.22 bits per heavy atom. The first kappa shape index (κ1) is 18.2. The van der Waals surface area contributed by atoms with E-state index in [2.05, 4.69) is 47.1 Å². The number of carbonyl (C=O) groups is 2. The highest BCUT2D eigenvalue weighted by atomic mass is 32.1. The maximum atomic E-state index is 12.9. The first-order chi connectivity index (χ1) is 13.1. The summed E-state index contributed by atoms with van der Waals surface area (Å²) in [7, 11) is 1.70. The van der Waals surface area contributed by atoms with Crippen molar-refractivity contribution in [2.24, 2.45) is 11.3 Å². The Bertz CT molecular complexity index is 811. The lowest BCUT2D eigenvalue weighted by atomic mass is 9.74. The molecule has 1 saturated carbocycles. The number of hydrogen-bond donors (Lipinski definition) is 1. The minimum absolute atomic E-state index is 0.0538. The number of benzene rings is 1. The number of nitrogens with zero attached hydrogens (tertiary/aromatic N) is 1. The van der Waals surface area contributed by atoms with Crippen LogP contribution in [-0.2, 0) is 16.0 Å². The number of piperidine rings is 1. The summed E-state index contributed by atoms with van der Waals surface area (Å²) >= 11 is 1.73. The van der Waals surface area contributed by atoms with E-state index in [-0.39, 0.29) is 17.7 Å². The highest BCUT2D eigenvalue weighted by Crippen LogP contribution is 2.38. The van der Waals surface area contributed by atoms with Crippen LogP contribution in [0.3, 0.4) is 0 Å². The summed E-state index contributed by atoms with van der Waals surface area (Å²) in [5.41, 5.74) is 1.83. The summed E-state index contributed by atoms with van der Waals surface area (Å²) in [6.07, 6.45) is 4.40. The molecular formula is C22H26N2O2S. The lowest BCUT2D eigenvalue weighted by molar-refractivity contribution is -0.142. The molecule has 2 aromatic rings. The summed E-state index contributed by atoms with van der Waals surface area (Å²) in [6.45, 7) is 1.32. The zero-order chi connectivity index (χ0) is 18.9. The van der Waals surface area contributed by atoms with Gasteiger partial charge in [0.1, 0.15) is 0 Å². The Morgan fingerprint density at radius 2 is 2.00 bits per heavy atom. The zero-order valence-electron chi connectivity index (χ0n) is 15.7. The molecule has 1 aliphatic carbocycles. The van der Waals surface area contributed by atoms with E-state index >= 15 is 0 Å². The van der Waals surface area contributed by atoms with Gasteiger partial charge in [0.2, 0.25) is 11.8 Å². The third-order valence-corrected chi connectivity index (χ3v) is 6.74. The predicted octanol–water partition coefficient (Wildman–Crippen LogP) is 3.72. The monoisotopic (exact) mass is 382 g/mol. The van der Waals surface area contributed by atoms with Crippen LogP contribution in [0, 0.1) is 11.3 Å². The summed E-state index contributed by atoms with van der Waals surface area (Å²) in [5.74, 6) is 0.504. The van der Waals surface area contributed by atoms with Crippen molar-refractivity contribution >= 4 is 23.2 Å². The van der Waals surface area contributed by atoms with E-state index in [1.165, 1.54) is 10.4 Å². The highest BCUT2D eigenvalue weighted by Gasteiger charge is 2.45. The van der Waals surface area contributed by atoms with E-state index in [0.29, 0.717) is 13.0 Å². The van der Waals surface area contributed by atoms with Gasteiger partial charge in [-0.2, -0.15) is 0 Å². The van der Waals surface area contributed by atoms with Crippen molar-refractivity contribution in [1.82, 2.24) is 10.2 Å². The van der Waals surface area contributed by atoms with Gasteiger partial charge in [0, 0.05) is 30.9 Å². The molecule has 142 valence electrons. The molecule has 1 saturated heterocycles. The Morgan fingerprint density at radius 3 is 2.63 bits per heavy atom. The van der Waals surface area contributed by atoms with E-state index in [0.717, 1.165) is 37.8 Å². The van der Waals surface area contributed by atoms with Gasteiger partial charge in [0.05, 0.1) is 5.41 Å². The first-order valence-corrected chi connectivity index (χ1v) is 10.6. The molecule has 2 fully saturated rings. The van der Waals surface area contributed by atoms with Crippen LogP contribution in [0.5, 0.6) is 0 Å². The lowest BCUT2D eigenvalue weighted by Crippen LogP contribution is -2.54. The van der Waals surface area contributed by atoms with Crippen molar-refractivity contribution in [1.29, 1.82) is 0 Å². The maximum absolute atomic E-state index is 12.9. The van der Waals surface area contributed by atoms with Gasteiger partial charge in [0.15, 0.2) is 0 Å². The van der Waals surface area contributed by atoms with Crippen LogP contribution in [-0.4, -0.2) is 36.9 Å². The summed E-state index contributed by atoms with van der Waals surface area (Å²) < 4.78 is 0.